The fourth-order valence-corrected chi connectivity index (χ4v) is 3.44. The second-order valence-electron chi connectivity index (χ2n) is 4.39. The fourth-order valence-electron chi connectivity index (χ4n) is 2.02. The Morgan fingerprint density at radius 1 is 1.28 bits per heavy atom. The predicted octanol–water partition coefficient (Wildman–Crippen LogP) is 4.61. The lowest BCUT2D eigenvalue weighted by Gasteiger charge is -2.09. The maximum absolute atomic E-state index is 11.8. The maximum atomic E-state index is 11.8. The lowest BCUT2D eigenvalue weighted by Crippen LogP contribution is -2.15. The zero-order valence-corrected chi connectivity index (χ0v) is 12.2. The third kappa shape index (κ3) is 4.08. The van der Waals surface area contributed by atoms with E-state index in [-0.39, 0.29) is 5.91 Å². The summed E-state index contributed by atoms with van der Waals surface area (Å²) >= 11 is 13.5. The van der Waals surface area contributed by atoms with Gasteiger partial charge in [-0.15, -0.1) is 11.8 Å². The monoisotopic (exact) mass is 303 g/mol. The second kappa shape index (κ2) is 6.69. The van der Waals surface area contributed by atoms with Crippen LogP contribution in [-0.2, 0) is 4.79 Å². The van der Waals surface area contributed by atoms with Crippen LogP contribution in [0.5, 0.6) is 0 Å². The number of halogens is 2. The number of anilines is 1. The summed E-state index contributed by atoms with van der Waals surface area (Å²) in [6.45, 7) is 0. The molecule has 2 rings (SSSR count). The van der Waals surface area contributed by atoms with Crippen molar-refractivity contribution in [1.82, 2.24) is 0 Å². The summed E-state index contributed by atoms with van der Waals surface area (Å²) in [6, 6.07) is 5.11. The molecule has 0 saturated heterocycles. The molecule has 2 nitrogen and oxygen atoms in total. The van der Waals surface area contributed by atoms with E-state index in [0.717, 1.165) is 0 Å². The summed E-state index contributed by atoms with van der Waals surface area (Å²) in [6.07, 6.45) is 5.08. The Bertz CT molecular complexity index is 433. The van der Waals surface area contributed by atoms with Crippen molar-refractivity contribution in [3.63, 3.8) is 0 Å². The normalized spacial score (nSPS) is 15.9. The van der Waals surface area contributed by atoms with E-state index >= 15 is 0 Å². The smallest absolute Gasteiger partial charge is 0.234 e. The minimum absolute atomic E-state index is 0.0188. The molecule has 0 aromatic heterocycles. The van der Waals surface area contributed by atoms with Gasteiger partial charge in [0.2, 0.25) is 5.91 Å². The summed E-state index contributed by atoms with van der Waals surface area (Å²) in [7, 11) is 0. The molecule has 0 spiro atoms. The van der Waals surface area contributed by atoms with E-state index in [4.69, 9.17) is 23.2 Å². The number of carbonyl (C=O) groups excluding carboxylic acids is 1. The molecule has 1 aliphatic rings. The molecule has 0 bridgehead atoms. The minimum atomic E-state index is 0.0188. The SMILES string of the molecule is O=C(CSC1CCCC1)Nc1ccc(Cl)c(Cl)c1. The lowest BCUT2D eigenvalue weighted by molar-refractivity contribution is -0.113. The molecule has 1 aromatic carbocycles. The van der Waals surface area contributed by atoms with Gasteiger partial charge in [0, 0.05) is 10.9 Å². The molecule has 1 aromatic rings. The average molecular weight is 304 g/mol. The molecule has 1 amide bonds. The van der Waals surface area contributed by atoms with Crippen LogP contribution in [0, 0.1) is 0 Å². The number of nitrogens with one attached hydrogen (secondary N) is 1. The number of thioether (sulfide) groups is 1. The Labute approximate surface area is 121 Å². The van der Waals surface area contributed by atoms with Gasteiger partial charge in [0.15, 0.2) is 0 Å². The Morgan fingerprint density at radius 3 is 2.67 bits per heavy atom. The van der Waals surface area contributed by atoms with Crippen LogP contribution in [0.15, 0.2) is 18.2 Å². The summed E-state index contributed by atoms with van der Waals surface area (Å²) < 4.78 is 0. The lowest BCUT2D eigenvalue weighted by atomic mass is 10.3. The Balaban J connectivity index is 1.80. The molecule has 5 heteroatoms. The van der Waals surface area contributed by atoms with E-state index in [2.05, 4.69) is 5.32 Å². The highest BCUT2D eigenvalue weighted by molar-refractivity contribution is 8.00. The molecule has 0 unspecified atom stereocenters. The first-order valence-electron chi connectivity index (χ1n) is 6.01. The van der Waals surface area contributed by atoms with Crippen molar-refractivity contribution >= 4 is 46.6 Å². The van der Waals surface area contributed by atoms with Crippen LogP contribution in [-0.4, -0.2) is 16.9 Å². The standard InChI is InChI=1S/C13H15Cl2NOS/c14-11-6-5-9(7-12(11)15)16-13(17)8-18-10-3-1-2-4-10/h5-7,10H,1-4,8H2,(H,16,17). The largest absolute Gasteiger partial charge is 0.325 e. The Hall–Kier alpha value is -0.380. The van der Waals surface area contributed by atoms with E-state index in [1.165, 1.54) is 25.7 Å². The number of carbonyl (C=O) groups is 1. The second-order valence-corrected chi connectivity index (χ2v) is 6.50. The van der Waals surface area contributed by atoms with Gasteiger partial charge >= 0.3 is 0 Å². The Morgan fingerprint density at radius 2 is 2.00 bits per heavy atom. The van der Waals surface area contributed by atoms with Crippen LogP contribution in [0.1, 0.15) is 25.7 Å². The average Bonchev–Trinajstić information content (AvgIpc) is 2.84. The molecular formula is C13H15Cl2NOS. The van der Waals surface area contributed by atoms with Gasteiger partial charge in [-0.2, -0.15) is 0 Å². The van der Waals surface area contributed by atoms with Gasteiger partial charge in [-0.3, -0.25) is 4.79 Å². The molecule has 0 atom stereocenters. The Kier molecular flexibility index (Phi) is 5.22. The van der Waals surface area contributed by atoms with Crippen LogP contribution >= 0.6 is 35.0 Å². The van der Waals surface area contributed by atoms with Crippen molar-refractivity contribution in [2.75, 3.05) is 11.1 Å². The van der Waals surface area contributed by atoms with Gasteiger partial charge in [-0.25, -0.2) is 0 Å². The van der Waals surface area contributed by atoms with Crippen LogP contribution in [0.25, 0.3) is 0 Å². The topological polar surface area (TPSA) is 29.1 Å². The van der Waals surface area contributed by atoms with Gasteiger partial charge in [0.25, 0.3) is 0 Å². The van der Waals surface area contributed by atoms with Crippen LogP contribution < -0.4 is 5.32 Å². The van der Waals surface area contributed by atoms with E-state index in [0.29, 0.717) is 26.7 Å². The molecule has 18 heavy (non-hydrogen) atoms. The highest BCUT2D eigenvalue weighted by atomic mass is 35.5. The summed E-state index contributed by atoms with van der Waals surface area (Å²) in [5.74, 6) is 0.524. The molecule has 0 aliphatic heterocycles. The number of amides is 1. The molecule has 0 radical (unpaired) electrons. The number of hydrogen-bond acceptors (Lipinski definition) is 2. The zero-order chi connectivity index (χ0) is 13.0. The van der Waals surface area contributed by atoms with Crippen molar-refractivity contribution in [3.8, 4) is 0 Å². The quantitative estimate of drug-likeness (QED) is 0.880. The van der Waals surface area contributed by atoms with Crippen molar-refractivity contribution in [2.45, 2.75) is 30.9 Å². The van der Waals surface area contributed by atoms with E-state index in [1.54, 1.807) is 30.0 Å². The highest BCUT2D eigenvalue weighted by Gasteiger charge is 2.16. The molecule has 1 N–H and O–H groups in total. The third-order valence-electron chi connectivity index (χ3n) is 2.96. The summed E-state index contributed by atoms with van der Waals surface area (Å²) in [4.78, 5) is 11.8. The zero-order valence-electron chi connectivity index (χ0n) is 9.92. The molecule has 0 heterocycles. The van der Waals surface area contributed by atoms with E-state index in [9.17, 15) is 4.79 Å². The van der Waals surface area contributed by atoms with Gasteiger partial charge in [-0.1, -0.05) is 36.0 Å². The summed E-state index contributed by atoms with van der Waals surface area (Å²) in [5, 5.41) is 4.44. The van der Waals surface area contributed by atoms with Crippen LogP contribution in [0.4, 0.5) is 5.69 Å². The number of benzene rings is 1. The fraction of sp³-hybridized carbons (Fsp3) is 0.462. The molecular weight excluding hydrogens is 289 g/mol. The third-order valence-corrected chi connectivity index (χ3v) is 5.07. The van der Waals surface area contributed by atoms with Crippen LogP contribution in [0.2, 0.25) is 10.0 Å². The van der Waals surface area contributed by atoms with Crippen molar-refractivity contribution in [2.24, 2.45) is 0 Å². The minimum Gasteiger partial charge on any atom is -0.325 e. The molecule has 98 valence electrons. The van der Waals surface area contributed by atoms with Gasteiger partial charge in [0.1, 0.15) is 0 Å². The number of hydrogen-bond donors (Lipinski definition) is 1. The van der Waals surface area contributed by atoms with Gasteiger partial charge in [-0.05, 0) is 31.0 Å². The van der Waals surface area contributed by atoms with Crippen molar-refractivity contribution in [1.29, 1.82) is 0 Å². The van der Waals surface area contributed by atoms with Crippen LogP contribution in [0.3, 0.4) is 0 Å². The molecule has 1 fully saturated rings. The summed E-state index contributed by atoms with van der Waals surface area (Å²) in [5.41, 5.74) is 0.696. The van der Waals surface area contributed by atoms with Crippen molar-refractivity contribution in [3.05, 3.63) is 28.2 Å². The van der Waals surface area contributed by atoms with E-state index < -0.39 is 0 Å². The predicted molar refractivity (Wildman–Crippen MR) is 79.8 cm³/mol. The first kappa shape index (κ1) is 14.0. The molecule has 1 saturated carbocycles. The van der Waals surface area contributed by atoms with Gasteiger partial charge in [0.05, 0.1) is 15.8 Å². The number of rotatable bonds is 4. The maximum Gasteiger partial charge on any atom is 0.234 e. The van der Waals surface area contributed by atoms with Crippen molar-refractivity contribution < 1.29 is 4.79 Å². The molecule has 1 aliphatic carbocycles. The van der Waals surface area contributed by atoms with Gasteiger partial charge < -0.3 is 5.32 Å². The van der Waals surface area contributed by atoms with E-state index in [1.807, 2.05) is 0 Å². The first-order valence-corrected chi connectivity index (χ1v) is 7.82. The first-order chi connectivity index (χ1) is 8.65. The highest BCUT2D eigenvalue weighted by Crippen LogP contribution is 2.29.